The van der Waals surface area contributed by atoms with E-state index in [1.807, 2.05) is 30.3 Å². The molecule has 0 amide bonds. The number of methoxy groups -OCH3 is 1. The molecule has 1 aliphatic rings. The van der Waals surface area contributed by atoms with E-state index in [0.29, 0.717) is 5.88 Å². The van der Waals surface area contributed by atoms with Crippen molar-refractivity contribution in [3.8, 4) is 5.88 Å². The quantitative estimate of drug-likeness (QED) is 0.901. The molecular formula is C18H22ClN3O2. The zero-order valence-corrected chi connectivity index (χ0v) is 14.5. The van der Waals surface area contributed by atoms with E-state index < -0.39 is 0 Å². The second-order valence-electron chi connectivity index (χ2n) is 6.37. The lowest BCUT2D eigenvalue weighted by Crippen LogP contribution is -2.43. The van der Waals surface area contributed by atoms with Crippen LogP contribution in [-0.4, -0.2) is 41.9 Å². The Morgan fingerprint density at radius 2 is 1.92 bits per heavy atom. The zero-order valence-electron chi connectivity index (χ0n) is 13.8. The summed E-state index contributed by atoms with van der Waals surface area (Å²) in [6.45, 7) is 1.90. The largest absolute Gasteiger partial charge is 0.481 e. The summed E-state index contributed by atoms with van der Waals surface area (Å²) in [6, 6.07) is 9.75. The highest BCUT2D eigenvalue weighted by Gasteiger charge is 2.34. The van der Waals surface area contributed by atoms with E-state index in [4.69, 9.17) is 16.3 Å². The molecule has 0 bridgehead atoms. The van der Waals surface area contributed by atoms with Gasteiger partial charge in [0, 0.05) is 36.2 Å². The first-order valence-corrected chi connectivity index (χ1v) is 8.48. The minimum Gasteiger partial charge on any atom is -0.481 e. The van der Waals surface area contributed by atoms with Gasteiger partial charge in [-0.25, -0.2) is 9.97 Å². The molecule has 1 aromatic heterocycles. The third-order valence-corrected chi connectivity index (χ3v) is 5.06. The molecule has 6 heteroatoms. The molecule has 1 aromatic carbocycles. The number of benzene rings is 1. The van der Waals surface area contributed by atoms with Crippen molar-refractivity contribution in [3.05, 3.63) is 47.2 Å². The van der Waals surface area contributed by atoms with E-state index in [1.165, 1.54) is 11.9 Å². The smallest absolute Gasteiger partial charge is 0.218 e. The molecular weight excluding hydrogens is 326 g/mol. The van der Waals surface area contributed by atoms with Gasteiger partial charge in [0.15, 0.2) is 0 Å². The Morgan fingerprint density at radius 3 is 2.54 bits per heavy atom. The van der Waals surface area contributed by atoms with Crippen LogP contribution in [0, 0.1) is 5.41 Å². The molecule has 2 aromatic rings. The average Bonchev–Trinajstić information content (AvgIpc) is 2.64. The molecule has 0 saturated carbocycles. The molecule has 0 radical (unpaired) electrons. The summed E-state index contributed by atoms with van der Waals surface area (Å²) < 4.78 is 5.17. The number of aliphatic hydroxyl groups excluding tert-OH is 1. The number of halogens is 1. The highest BCUT2D eigenvalue weighted by Crippen LogP contribution is 2.36. The number of rotatable bonds is 5. The number of ether oxygens (including phenoxy) is 1. The monoisotopic (exact) mass is 347 g/mol. The Hall–Kier alpha value is -1.85. The van der Waals surface area contributed by atoms with Crippen molar-refractivity contribution in [1.29, 1.82) is 0 Å². The maximum Gasteiger partial charge on any atom is 0.218 e. The van der Waals surface area contributed by atoms with Crippen LogP contribution in [0.4, 0.5) is 5.82 Å². The number of aliphatic hydroxyl groups is 1. The highest BCUT2D eigenvalue weighted by atomic mass is 35.5. The minimum atomic E-state index is -0.0819. The van der Waals surface area contributed by atoms with Gasteiger partial charge in [0.05, 0.1) is 7.11 Å². The van der Waals surface area contributed by atoms with Crippen LogP contribution in [0.1, 0.15) is 18.4 Å². The number of anilines is 1. The van der Waals surface area contributed by atoms with Gasteiger partial charge >= 0.3 is 0 Å². The fourth-order valence-electron chi connectivity index (χ4n) is 3.25. The summed E-state index contributed by atoms with van der Waals surface area (Å²) in [6.07, 6.45) is 4.22. The first-order chi connectivity index (χ1) is 11.6. The summed E-state index contributed by atoms with van der Waals surface area (Å²) in [4.78, 5) is 10.6. The molecule has 3 rings (SSSR count). The van der Waals surface area contributed by atoms with E-state index >= 15 is 0 Å². The number of piperidine rings is 1. The van der Waals surface area contributed by atoms with Gasteiger partial charge in [0.2, 0.25) is 5.88 Å². The molecule has 5 nitrogen and oxygen atoms in total. The van der Waals surface area contributed by atoms with Crippen LogP contribution < -0.4 is 9.64 Å². The first kappa shape index (κ1) is 17.0. The summed E-state index contributed by atoms with van der Waals surface area (Å²) in [5, 5.41) is 10.7. The van der Waals surface area contributed by atoms with Gasteiger partial charge in [0.25, 0.3) is 0 Å². The lowest BCUT2D eigenvalue weighted by atomic mass is 9.74. The minimum absolute atomic E-state index is 0.0819. The average molecular weight is 348 g/mol. The van der Waals surface area contributed by atoms with Crippen LogP contribution in [-0.2, 0) is 6.42 Å². The highest BCUT2D eigenvalue weighted by molar-refractivity contribution is 6.30. The molecule has 0 unspecified atom stereocenters. The molecule has 1 aliphatic heterocycles. The molecule has 0 aliphatic carbocycles. The van der Waals surface area contributed by atoms with E-state index in [2.05, 4.69) is 14.9 Å². The lowest BCUT2D eigenvalue weighted by Gasteiger charge is -2.41. The van der Waals surface area contributed by atoms with E-state index in [1.54, 1.807) is 7.11 Å². The third kappa shape index (κ3) is 3.79. The molecule has 24 heavy (non-hydrogen) atoms. The molecule has 1 saturated heterocycles. The third-order valence-electron chi connectivity index (χ3n) is 4.81. The van der Waals surface area contributed by atoms with Gasteiger partial charge in [-0.15, -0.1) is 0 Å². The predicted octanol–water partition coefficient (Wildman–Crippen LogP) is 2.96. The fraction of sp³-hybridized carbons (Fsp3) is 0.444. The molecule has 2 heterocycles. The predicted molar refractivity (Wildman–Crippen MR) is 94.7 cm³/mol. The Bertz CT molecular complexity index is 670. The second-order valence-corrected chi connectivity index (χ2v) is 6.80. The molecule has 0 spiro atoms. The van der Waals surface area contributed by atoms with E-state index in [0.717, 1.165) is 43.2 Å². The normalized spacial score (nSPS) is 16.9. The maximum atomic E-state index is 10.0. The van der Waals surface area contributed by atoms with Crippen molar-refractivity contribution in [2.75, 3.05) is 31.7 Å². The van der Waals surface area contributed by atoms with Crippen LogP contribution in [0.25, 0.3) is 0 Å². The van der Waals surface area contributed by atoms with Crippen LogP contribution in [0.15, 0.2) is 36.7 Å². The summed E-state index contributed by atoms with van der Waals surface area (Å²) >= 11 is 5.96. The van der Waals surface area contributed by atoms with Gasteiger partial charge in [-0.3, -0.25) is 0 Å². The Kier molecular flexibility index (Phi) is 5.21. The number of hydrogen-bond acceptors (Lipinski definition) is 5. The van der Waals surface area contributed by atoms with Gasteiger partial charge in [-0.05, 0) is 37.0 Å². The molecule has 1 N–H and O–H groups in total. The summed E-state index contributed by atoms with van der Waals surface area (Å²) in [5.41, 5.74) is 1.13. The lowest BCUT2D eigenvalue weighted by molar-refractivity contribution is 0.0961. The zero-order chi connectivity index (χ0) is 17.0. The van der Waals surface area contributed by atoms with Crippen LogP contribution >= 0.6 is 11.6 Å². The molecule has 128 valence electrons. The van der Waals surface area contributed by atoms with Gasteiger partial charge in [-0.2, -0.15) is 0 Å². The van der Waals surface area contributed by atoms with Gasteiger partial charge in [-0.1, -0.05) is 23.7 Å². The Balaban J connectivity index is 1.68. The Morgan fingerprint density at radius 1 is 1.21 bits per heavy atom. The van der Waals surface area contributed by atoms with Crippen molar-refractivity contribution in [2.45, 2.75) is 19.3 Å². The van der Waals surface area contributed by atoms with Crippen LogP contribution in [0.2, 0.25) is 5.02 Å². The van der Waals surface area contributed by atoms with Crippen LogP contribution in [0.5, 0.6) is 5.88 Å². The first-order valence-electron chi connectivity index (χ1n) is 8.10. The fourth-order valence-corrected chi connectivity index (χ4v) is 3.38. The van der Waals surface area contributed by atoms with E-state index in [9.17, 15) is 5.11 Å². The maximum absolute atomic E-state index is 10.0. The van der Waals surface area contributed by atoms with Crippen LogP contribution in [0.3, 0.4) is 0 Å². The van der Waals surface area contributed by atoms with E-state index in [-0.39, 0.29) is 12.0 Å². The van der Waals surface area contributed by atoms with Crippen molar-refractivity contribution in [3.63, 3.8) is 0 Å². The van der Waals surface area contributed by atoms with Crippen molar-refractivity contribution >= 4 is 17.4 Å². The topological polar surface area (TPSA) is 58.5 Å². The van der Waals surface area contributed by atoms with Gasteiger partial charge < -0.3 is 14.7 Å². The van der Waals surface area contributed by atoms with Crippen molar-refractivity contribution in [1.82, 2.24) is 9.97 Å². The standard InChI is InChI=1S/C18H22ClN3O2/c1-24-17-10-16(20-13-21-17)22-8-6-18(12-23,7-9-22)11-14-2-4-15(19)5-3-14/h2-5,10,13,23H,6-9,11-12H2,1H3. The summed E-state index contributed by atoms with van der Waals surface area (Å²) in [7, 11) is 1.60. The van der Waals surface area contributed by atoms with Crippen molar-refractivity contribution in [2.24, 2.45) is 5.41 Å². The SMILES string of the molecule is COc1cc(N2CCC(CO)(Cc3ccc(Cl)cc3)CC2)ncn1. The summed E-state index contributed by atoms with van der Waals surface area (Å²) in [5.74, 6) is 1.44. The molecule has 0 atom stereocenters. The van der Waals surface area contributed by atoms with Crippen molar-refractivity contribution < 1.29 is 9.84 Å². The number of hydrogen-bond donors (Lipinski definition) is 1. The Labute approximate surface area is 147 Å². The van der Waals surface area contributed by atoms with Gasteiger partial charge in [0.1, 0.15) is 12.1 Å². The molecule has 1 fully saturated rings. The number of nitrogens with zero attached hydrogens (tertiary/aromatic N) is 3. The second kappa shape index (κ2) is 7.36. The number of aromatic nitrogens is 2.